The van der Waals surface area contributed by atoms with Gasteiger partial charge in [0.1, 0.15) is 12.4 Å². The smallest absolute Gasteiger partial charge is 0.119 e. The largest absolute Gasteiger partial charge is 0.491 e. The van der Waals surface area contributed by atoms with E-state index < -0.39 is 0 Å². The highest BCUT2D eigenvalue weighted by atomic mass is 16.5. The molecule has 0 aliphatic rings. The van der Waals surface area contributed by atoms with Crippen LogP contribution in [0, 0.1) is 0 Å². The Morgan fingerprint density at radius 1 is 1.00 bits per heavy atom. The molecule has 0 amide bonds. The van der Waals surface area contributed by atoms with E-state index in [1.54, 1.807) is 0 Å². The first-order valence-electron chi connectivity index (χ1n) is 8.02. The first-order chi connectivity index (χ1) is 10.1. The van der Waals surface area contributed by atoms with Gasteiger partial charge < -0.3 is 14.6 Å². The van der Waals surface area contributed by atoms with E-state index in [9.17, 15) is 0 Å². The summed E-state index contributed by atoms with van der Waals surface area (Å²) in [6.45, 7) is 8.30. The van der Waals surface area contributed by atoms with Crippen molar-refractivity contribution in [1.29, 1.82) is 0 Å². The highest BCUT2D eigenvalue weighted by molar-refractivity contribution is 5.31. The van der Waals surface area contributed by atoms with Gasteiger partial charge in [0.2, 0.25) is 0 Å². The average Bonchev–Trinajstić information content (AvgIpc) is 2.48. The normalized spacial score (nSPS) is 11.6. The number of unbranched alkanes of at least 4 members (excludes halogenated alkanes) is 2. The van der Waals surface area contributed by atoms with Crippen LogP contribution in [0.4, 0.5) is 0 Å². The van der Waals surface area contributed by atoms with Gasteiger partial charge in [0, 0.05) is 0 Å². The Morgan fingerprint density at radius 3 is 2.33 bits per heavy atom. The maximum atomic E-state index is 8.60. The van der Waals surface area contributed by atoms with Crippen molar-refractivity contribution in [2.45, 2.75) is 51.9 Å². The molecule has 21 heavy (non-hydrogen) atoms. The summed E-state index contributed by atoms with van der Waals surface area (Å²) in [6.07, 6.45) is 5.07. The van der Waals surface area contributed by atoms with Crippen molar-refractivity contribution in [2.24, 2.45) is 0 Å². The second-order valence-corrected chi connectivity index (χ2v) is 6.05. The molecule has 3 heteroatoms. The Morgan fingerprint density at radius 2 is 1.71 bits per heavy atom. The summed E-state index contributed by atoms with van der Waals surface area (Å²) in [7, 11) is 0. The SMILES string of the molecule is CCCCCC(C)(C)c1ccc(OCCOCCO)cc1. The van der Waals surface area contributed by atoms with Crippen LogP contribution in [0.3, 0.4) is 0 Å². The Bertz CT molecular complexity index is 371. The highest BCUT2D eigenvalue weighted by Crippen LogP contribution is 2.30. The number of hydrogen-bond donors (Lipinski definition) is 1. The van der Waals surface area contributed by atoms with Crippen molar-refractivity contribution in [3.63, 3.8) is 0 Å². The molecule has 0 unspecified atom stereocenters. The third-order valence-corrected chi connectivity index (χ3v) is 3.77. The third kappa shape index (κ3) is 6.96. The minimum Gasteiger partial charge on any atom is -0.491 e. The van der Waals surface area contributed by atoms with Gasteiger partial charge in [-0.2, -0.15) is 0 Å². The lowest BCUT2D eigenvalue weighted by Crippen LogP contribution is -2.17. The minimum absolute atomic E-state index is 0.0574. The molecular formula is C18H30O3. The molecule has 3 nitrogen and oxygen atoms in total. The molecule has 0 radical (unpaired) electrons. The molecule has 0 saturated carbocycles. The van der Waals surface area contributed by atoms with E-state index in [-0.39, 0.29) is 12.0 Å². The second-order valence-electron chi connectivity index (χ2n) is 6.05. The highest BCUT2D eigenvalue weighted by Gasteiger charge is 2.19. The summed E-state index contributed by atoms with van der Waals surface area (Å²) in [5.41, 5.74) is 1.58. The van der Waals surface area contributed by atoms with Gasteiger partial charge in [0.05, 0.1) is 19.8 Å². The summed E-state index contributed by atoms with van der Waals surface area (Å²) >= 11 is 0. The van der Waals surface area contributed by atoms with E-state index in [0.717, 1.165) is 5.75 Å². The van der Waals surface area contributed by atoms with E-state index in [1.165, 1.54) is 31.2 Å². The van der Waals surface area contributed by atoms with Gasteiger partial charge in [0.25, 0.3) is 0 Å². The van der Waals surface area contributed by atoms with Crippen LogP contribution >= 0.6 is 0 Å². The van der Waals surface area contributed by atoms with E-state index >= 15 is 0 Å². The zero-order valence-corrected chi connectivity index (χ0v) is 13.7. The summed E-state index contributed by atoms with van der Waals surface area (Å²) in [4.78, 5) is 0. The Balaban J connectivity index is 2.41. The topological polar surface area (TPSA) is 38.7 Å². The van der Waals surface area contributed by atoms with Crippen LogP contribution in [-0.4, -0.2) is 31.5 Å². The quantitative estimate of drug-likeness (QED) is 0.628. The van der Waals surface area contributed by atoms with Crippen LogP contribution in [-0.2, 0) is 10.2 Å². The number of benzene rings is 1. The second kappa shape index (κ2) is 9.80. The lowest BCUT2D eigenvalue weighted by Gasteiger charge is -2.25. The van der Waals surface area contributed by atoms with Gasteiger partial charge in [0.15, 0.2) is 0 Å². The zero-order valence-electron chi connectivity index (χ0n) is 13.7. The van der Waals surface area contributed by atoms with Crippen LogP contribution in [0.2, 0.25) is 0 Å². The van der Waals surface area contributed by atoms with Crippen LogP contribution in [0.25, 0.3) is 0 Å². The number of rotatable bonds is 11. The first-order valence-corrected chi connectivity index (χ1v) is 8.02. The average molecular weight is 294 g/mol. The van der Waals surface area contributed by atoms with E-state index in [1.807, 2.05) is 12.1 Å². The van der Waals surface area contributed by atoms with Crippen molar-refractivity contribution in [3.8, 4) is 5.75 Å². The van der Waals surface area contributed by atoms with E-state index in [2.05, 4.69) is 32.9 Å². The maximum absolute atomic E-state index is 8.60. The number of ether oxygens (including phenoxy) is 2. The molecule has 1 aromatic carbocycles. The molecule has 0 fully saturated rings. The fourth-order valence-electron chi connectivity index (χ4n) is 2.35. The monoisotopic (exact) mass is 294 g/mol. The van der Waals surface area contributed by atoms with Crippen LogP contribution in [0.15, 0.2) is 24.3 Å². The summed E-state index contributed by atoms with van der Waals surface area (Å²) in [5.74, 6) is 0.871. The number of aliphatic hydroxyl groups excluding tert-OH is 1. The fourth-order valence-corrected chi connectivity index (χ4v) is 2.35. The summed E-state index contributed by atoms with van der Waals surface area (Å²) in [5, 5.41) is 8.60. The maximum Gasteiger partial charge on any atom is 0.119 e. The standard InChI is InChI=1S/C18H30O3/c1-4-5-6-11-18(2,3)16-7-9-17(10-8-16)21-15-14-20-13-12-19/h7-10,19H,4-6,11-15H2,1-3H3. The molecular weight excluding hydrogens is 264 g/mol. The Kier molecular flexibility index (Phi) is 8.40. The summed E-state index contributed by atoms with van der Waals surface area (Å²) in [6, 6.07) is 8.39. The van der Waals surface area contributed by atoms with Crippen molar-refractivity contribution in [3.05, 3.63) is 29.8 Å². The first kappa shape index (κ1) is 18.0. The molecule has 0 heterocycles. The molecule has 0 aliphatic carbocycles. The molecule has 0 spiro atoms. The predicted molar refractivity (Wildman–Crippen MR) is 87.0 cm³/mol. The number of aliphatic hydroxyl groups is 1. The van der Waals surface area contributed by atoms with E-state index in [4.69, 9.17) is 14.6 Å². The van der Waals surface area contributed by atoms with Crippen molar-refractivity contribution < 1.29 is 14.6 Å². The van der Waals surface area contributed by atoms with Crippen molar-refractivity contribution in [1.82, 2.24) is 0 Å². The lowest BCUT2D eigenvalue weighted by molar-refractivity contribution is 0.0705. The summed E-state index contributed by atoms with van der Waals surface area (Å²) < 4.78 is 10.8. The molecule has 1 aromatic rings. The van der Waals surface area contributed by atoms with Gasteiger partial charge >= 0.3 is 0 Å². The molecule has 0 atom stereocenters. The third-order valence-electron chi connectivity index (χ3n) is 3.77. The molecule has 0 saturated heterocycles. The van der Waals surface area contributed by atoms with Gasteiger partial charge in [-0.3, -0.25) is 0 Å². The molecule has 0 aliphatic heterocycles. The van der Waals surface area contributed by atoms with E-state index in [0.29, 0.717) is 19.8 Å². The van der Waals surface area contributed by atoms with Crippen LogP contribution in [0.5, 0.6) is 5.75 Å². The zero-order chi connectivity index (χ0) is 15.6. The van der Waals surface area contributed by atoms with Gasteiger partial charge in [-0.1, -0.05) is 52.2 Å². The van der Waals surface area contributed by atoms with Gasteiger partial charge in [-0.05, 0) is 29.5 Å². The molecule has 0 aromatic heterocycles. The van der Waals surface area contributed by atoms with Crippen molar-refractivity contribution >= 4 is 0 Å². The molecule has 120 valence electrons. The van der Waals surface area contributed by atoms with Gasteiger partial charge in [-0.25, -0.2) is 0 Å². The Hall–Kier alpha value is -1.06. The molecule has 0 bridgehead atoms. The van der Waals surface area contributed by atoms with Crippen LogP contribution < -0.4 is 4.74 Å². The fraction of sp³-hybridized carbons (Fsp3) is 0.667. The predicted octanol–water partition coefficient (Wildman–Crippen LogP) is 3.93. The Labute approximate surface area is 129 Å². The molecule has 1 rings (SSSR count). The number of hydrogen-bond acceptors (Lipinski definition) is 3. The minimum atomic E-state index is 0.0574. The van der Waals surface area contributed by atoms with Crippen molar-refractivity contribution in [2.75, 3.05) is 26.4 Å². The molecule has 1 N–H and O–H groups in total. The lowest BCUT2D eigenvalue weighted by atomic mass is 9.80. The van der Waals surface area contributed by atoms with Crippen LogP contribution in [0.1, 0.15) is 52.0 Å². The van der Waals surface area contributed by atoms with Gasteiger partial charge in [-0.15, -0.1) is 0 Å².